The topological polar surface area (TPSA) is 163 Å². The third kappa shape index (κ3) is 4.17. The lowest BCUT2D eigenvalue weighted by molar-refractivity contribution is -0.293. The highest BCUT2D eigenvalue weighted by molar-refractivity contribution is 5.89. The zero-order valence-electron chi connectivity index (χ0n) is 22.6. The van der Waals surface area contributed by atoms with E-state index in [0.717, 1.165) is 58.5 Å². The van der Waals surface area contributed by atoms with Crippen molar-refractivity contribution in [3.05, 3.63) is 0 Å². The molecule has 5 fully saturated rings. The molecule has 0 bridgehead atoms. The average molecular weight is 541 g/mol. The van der Waals surface area contributed by atoms with Crippen molar-refractivity contribution < 1.29 is 49.3 Å². The van der Waals surface area contributed by atoms with E-state index in [2.05, 4.69) is 11.7 Å². The van der Waals surface area contributed by atoms with Gasteiger partial charge in [0.05, 0.1) is 13.2 Å². The molecule has 0 radical (unpaired) electrons. The van der Waals surface area contributed by atoms with E-state index in [1.807, 2.05) is 6.92 Å². The maximum atomic E-state index is 13.5. The Kier molecular flexibility index (Phi) is 7.51. The van der Waals surface area contributed by atoms with E-state index in [9.17, 15) is 35.1 Å². The molecule has 13 unspecified atom stereocenters. The molecule has 5 aliphatic rings. The summed E-state index contributed by atoms with van der Waals surface area (Å²) in [5, 5.41) is 52.7. The van der Waals surface area contributed by atoms with Gasteiger partial charge in [0.15, 0.2) is 18.2 Å². The summed E-state index contributed by atoms with van der Waals surface area (Å²) in [4.78, 5) is 25.5. The molecular formula is C28H44O10. The van der Waals surface area contributed by atoms with Crippen LogP contribution in [-0.4, -0.2) is 93.4 Å². The second kappa shape index (κ2) is 10.0. The minimum Gasteiger partial charge on any atom is -0.467 e. The molecular weight excluding hydrogens is 496 g/mol. The number of aliphatic hydroxyl groups is 5. The summed E-state index contributed by atoms with van der Waals surface area (Å²) in [7, 11) is 1.10. The highest BCUT2D eigenvalue weighted by Gasteiger charge is 2.66. The van der Waals surface area contributed by atoms with E-state index >= 15 is 0 Å². The van der Waals surface area contributed by atoms with Crippen molar-refractivity contribution in [3.63, 3.8) is 0 Å². The van der Waals surface area contributed by atoms with E-state index in [1.165, 1.54) is 0 Å². The van der Waals surface area contributed by atoms with Crippen LogP contribution in [-0.2, 0) is 23.8 Å². The largest absolute Gasteiger partial charge is 0.467 e. The van der Waals surface area contributed by atoms with Gasteiger partial charge in [-0.15, -0.1) is 0 Å². The van der Waals surface area contributed by atoms with E-state index in [0.29, 0.717) is 24.2 Å². The van der Waals surface area contributed by atoms with Gasteiger partial charge < -0.3 is 39.7 Å². The Balaban J connectivity index is 1.28. The number of carbonyl (C=O) groups excluding carboxylic acids is 2. The molecule has 0 aromatic rings. The predicted octanol–water partition coefficient (Wildman–Crippen LogP) is 0.687. The average Bonchev–Trinajstić information content (AvgIpc) is 3.18. The monoisotopic (exact) mass is 540 g/mol. The van der Waals surface area contributed by atoms with Crippen LogP contribution in [0.2, 0.25) is 0 Å². The van der Waals surface area contributed by atoms with Crippen LogP contribution in [0.25, 0.3) is 0 Å². The van der Waals surface area contributed by atoms with Crippen molar-refractivity contribution >= 4 is 11.8 Å². The summed E-state index contributed by atoms with van der Waals surface area (Å²) >= 11 is 0. The number of ether oxygens (including phenoxy) is 3. The van der Waals surface area contributed by atoms with Crippen LogP contribution in [0, 0.1) is 34.5 Å². The van der Waals surface area contributed by atoms with Crippen LogP contribution in [0.15, 0.2) is 0 Å². The van der Waals surface area contributed by atoms with Gasteiger partial charge in [-0.3, -0.25) is 4.79 Å². The Morgan fingerprint density at radius 3 is 2.32 bits per heavy atom. The van der Waals surface area contributed by atoms with Crippen LogP contribution in [0.1, 0.15) is 71.6 Å². The lowest BCUT2D eigenvalue weighted by Gasteiger charge is -2.61. The Hall–Kier alpha value is -1.14. The highest BCUT2D eigenvalue weighted by Crippen LogP contribution is 2.68. The van der Waals surface area contributed by atoms with E-state index in [4.69, 9.17) is 9.47 Å². The van der Waals surface area contributed by atoms with Crippen molar-refractivity contribution in [2.24, 2.45) is 34.5 Å². The van der Waals surface area contributed by atoms with E-state index in [-0.39, 0.29) is 17.4 Å². The van der Waals surface area contributed by atoms with Crippen LogP contribution in [0.3, 0.4) is 0 Å². The maximum absolute atomic E-state index is 13.5. The Morgan fingerprint density at radius 2 is 1.61 bits per heavy atom. The molecule has 216 valence electrons. The Bertz CT molecular complexity index is 927. The predicted molar refractivity (Wildman–Crippen MR) is 132 cm³/mol. The molecule has 1 saturated heterocycles. The van der Waals surface area contributed by atoms with Gasteiger partial charge >= 0.3 is 5.97 Å². The molecule has 0 amide bonds. The van der Waals surface area contributed by atoms with Crippen molar-refractivity contribution in [1.29, 1.82) is 0 Å². The summed E-state index contributed by atoms with van der Waals surface area (Å²) in [6.45, 7) is 3.85. The third-order valence-corrected chi connectivity index (χ3v) is 11.6. The minimum atomic E-state index is -1.74. The van der Waals surface area contributed by atoms with Gasteiger partial charge in [0.2, 0.25) is 0 Å². The van der Waals surface area contributed by atoms with Crippen molar-refractivity contribution in [2.45, 2.75) is 114 Å². The van der Waals surface area contributed by atoms with Gasteiger partial charge in [-0.2, -0.15) is 0 Å². The lowest BCUT2D eigenvalue weighted by Crippen LogP contribution is -2.61. The first-order chi connectivity index (χ1) is 17.9. The van der Waals surface area contributed by atoms with Crippen LogP contribution < -0.4 is 0 Å². The minimum absolute atomic E-state index is 0.188. The molecule has 4 saturated carbocycles. The molecule has 10 heteroatoms. The fraction of sp³-hybridized carbons (Fsp3) is 0.929. The number of methoxy groups -OCH3 is 1. The molecule has 0 spiro atoms. The summed E-state index contributed by atoms with van der Waals surface area (Å²) < 4.78 is 15.4. The highest BCUT2D eigenvalue weighted by atomic mass is 16.7. The fourth-order valence-corrected chi connectivity index (χ4v) is 9.28. The quantitative estimate of drug-likeness (QED) is 0.314. The summed E-state index contributed by atoms with van der Waals surface area (Å²) in [5.41, 5.74) is -2.02. The zero-order chi connectivity index (χ0) is 27.6. The molecule has 38 heavy (non-hydrogen) atoms. The summed E-state index contributed by atoms with van der Waals surface area (Å²) in [5.74, 6) is 0.227. The Labute approximate surface area is 223 Å². The van der Waals surface area contributed by atoms with Crippen LogP contribution >= 0.6 is 0 Å². The zero-order valence-corrected chi connectivity index (χ0v) is 22.6. The molecule has 4 aliphatic carbocycles. The van der Waals surface area contributed by atoms with Gasteiger partial charge in [0.1, 0.15) is 30.5 Å². The van der Waals surface area contributed by atoms with Crippen molar-refractivity contribution in [3.8, 4) is 0 Å². The fourth-order valence-electron chi connectivity index (χ4n) is 9.28. The molecule has 10 nitrogen and oxygen atoms in total. The van der Waals surface area contributed by atoms with E-state index < -0.39 is 60.1 Å². The molecule has 1 heterocycles. The second-order valence-electron chi connectivity index (χ2n) is 13.1. The third-order valence-electron chi connectivity index (χ3n) is 11.6. The number of rotatable bonds is 5. The second-order valence-corrected chi connectivity index (χ2v) is 13.1. The molecule has 0 aromatic carbocycles. The summed E-state index contributed by atoms with van der Waals surface area (Å²) in [6, 6.07) is 0. The first kappa shape index (κ1) is 28.4. The first-order valence-electron chi connectivity index (χ1n) is 14.2. The van der Waals surface area contributed by atoms with E-state index in [1.54, 1.807) is 0 Å². The number of ketones is 1. The normalized spacial score (nSPS) is 52.4. The van der Waals surface area contributed by atoms with Gasteiger partial charge in [-0.05, 0) is 86.9 Å². The first-order valence-corrected chi connectivity index (χ1v) is 14.2. The molecule has 0 aromatic heterocycles. The number of Topliss-reactive ketones (excluding diaryl/α,β-unsaturated/α-hetero) is 1. The van der Waals surface area contributed by atoms with Gasteiger partial charge in [-0.25, -0.2) is 4.79 Å². The number of hydrogen-bond donors (Lipinski definition) is 5. The number of esters is 1. The molecule has 13 atom stereocenters. The van der Waals surface area contributed by atoms with Crippen LogP contribution in [0.4, 0.5) is 0 Å². The van der Waals surface area contributed by atoms with Gasteiger partial charge in [0, 0.05) is 5.41 Å². The van der Waals surface area contributed by atoms with Crippen molar-refractivity contribution in [2.75, 3.05) is 13.7 Å². The van der Waals surface area contributed by atoms with Crippen molar-refractivity contribution in [1.82, 2.24) is 0 Å². The summed E-state index contributed by atoms with van der Waals surface area (Å²) in [6.07, 6.45) is -0.873. The number of aliphatic hydroxyl groups excluding tert-OH is 4. The maximum Gasteiger partial charge on any atom is 0.337 e. The molecule has 5 rings (SSSR count). The lowest BCUT2D eigenvalue weighted by atomic mass is 9.44. The molecule has 1 aliphatic heterocycles. The number of carbonyl (C=O) groups is 2. The number of hydrogen-bond acceptors (Lipinski definition) is 10. The Morgan fingerprint density at radius 1 is 0.895 bits per heavy atom. The number of fused-ring (bicyclic) bond motifs is 5. The van der Waals surface area contributed by atoms with Gasteiger partial charge in [0.25, 0.3) is 0 Å². The molecule has 5 N–H and O–H groups in total. The smallest absolute Gasteiger partial charge is 0.337 e. The van der Waals surface area contributed by atoms with Gasteiger partial charge in [-0.1, -0.05) is 13.8 Å². The van der Waals surface area contributed by atoms with Crippen LogP contribution in [0.5, 0.6) is 0 Å². The SMILES string of the molecule is COC(=O)C1OC(OCC(=O)C2(O)CCC3C4CCC5CC(O)CCC5(C)C4CCC32C)C(O)C(O)C1O. The standard InChI is InChI=1S/C28H44O10/c1-26-9-6-15(29)12-14(26)4-5-16-17(26)7-10-27(2)18(16)8-11-28(27,35)19(30)13-37-25-22(33)20(31)21(32)23(38-25)24(34)36-3/h14-18,20-23,25,29,31-33,35H,4-13H2,1-3H3.